The topological polar surface area (TPSA) is 48.7 Å². The van der Waals surface area contributed by atoms with Crippen molar-refractivity contribution in [3.05, 3.63) is 45.7 Å². The fourth-order valence-corrected chi connectivity index (χ4v) is 2.60. The molecule has 1 atom stereocenters. The first kappa shape index (κ1) is 13.5. The van der Waals surface area contributed by atoms with Crippen LogP contribution in [0.5, 0.6) is 0 Å². The Morgan fingerprint density at radius 2 is 2.32 bits per heavy atom. The van der Waals surface area contributed by atoms with Crippen LogP contribution in [0.2, 0.25) is 0 Å². The first-order chi connectivity index (χ1) is 9.15. The SMILES string of the molecule is CCc1cnc(C(C)Nc2cccc(F)c2C#N)s1. The zero-order valence-electron chi connectivity index (χ0n) is 10.8. The van der Waals surface area contributed by atoms with Gasteiger partial charge in [0.05, 0.1) is 11.7 Å². The summed E-state index contributed by atoms with van der Waals surface area (Å²) in [6.07, 6.45) is 2.81. The number of nitrogens with zero attached hydrogens (tertiary/aromatic N) is 2. The molecule has 2 rings (SSSR count). The van der Waals surface area contributed by atoms with E-state index in [0.29, 0.717) is 5.69 Å². The highest BCUT2D eigenvalue weighted by Gasteiger charge is 2.13. The highest BCUT2D eigenvalue weighted by Crippen LogP contribution is 2.26. The van der Waals surface area contributed by atoms with Gasteiger partial charge in [-0.3, -0.25) is 0 Å². The fraction of sp³-hybridized carbons (Fsp3) is 0.286. The molecule has 1 aromatic carbocycles. The molecule has 0 aliphatic rings. The number of nitrogens with one attached hydrogen (secondary N) is 1. The Morgan fingerprint density at radius 1 is 1.53 bits per heavy atom. The smallest absolute Gasteiger partial charge is 0.143 e. The summed E-state index contributed by atoms with van der Waals surface area (Å²) in [6, 6.07) is 6.40. The van der Waals surface area contributed by atoms with Gasteiger partial charge < -0.3 is 5.32 Å². The van der Waals surface area contributed by atoms with Crippen molar-refractivity contribution in [3.63, 3.8) is 0 Å². The number of hydrogen-bond donors (Lipinski definition) is 1. The Balaban J connectivity index is 2.22. The monoisotopic (exact) mass is 275 g/mol. The molecule has 5 heteroatoms. The van der Waals surface area contributed by atoms with Gasteiger partial charge in [-0.2, -0.15) is 5.26 Å². The van der Waals surface area contributed by atoms with Gasteiger partial charge in [-0.05, 0) is 25.5 Å². The van der Waals surface area contributed by atoms with Gasteiger partial charge in [-0.15, -0.1) is 11.3 Å². The third kappa shape index (κ3) is 2.91. The van der Waals surface area contributed by atoms with Crippen LogP contribution in [0.3, 0.4) is 0 Å². The number of aromatic nitrogens is 1. The van der Waals surface area contributed by atoms with E-state index >= 15 is 0 Å². The molecule has 0 aliphatic heterocycles. The quantitative estimate of drug-likeness (QED) is 0.921. The predicted molar refractivity (Wildman–Crippen MR) is 74.6 cm³/mol. The Kier molecular flexibility index (Phi) is 4.13. The van der Waals surface area contributed by atoms with E-state index in [1.54, 1.807) is 23.5 Å². The van der Waals surface area contributed by atoms with Gasteiger partial charge in [-0.25, -0.2) is 9.37 Å². The number of thiazole rings is 1. The number of anilines is 1. The number of nitriles is 1. The molecule has 0 bridgehead atoms. The predicted octanol–water partition coefficient (Wildman–Crippen LogP) is 3.89. The lowest BCUT2D eigenvalue weighted by Gasteiger charge is -2.14. The number of benzene rings is 1. The van der Waals surface area contributed by atoms with Crippen molar-refractivity contribution < 1.29 is 4.39 Å². The van der Waals surface area contributed by atoms with Crippen LogP contribution in [0.15, 0.2) is 24.4 Å². The number of rotatable bonds is 4. The van der Waals surface area contributed by atoms with Crippen molar-refractivity contribution in [1.29, 1.82) is 5.26 Å². The van der Waals surface area contributed by atoms with E-state index in [9.17, 15) is 4.39 Å². The van der Waals surface area contributed by atoms with Gasteiger partial charge in [-0.1, -0.05) is 13.0 Å². The van der Waals surface area contributed by atoms with Crippen LogP contribution in [0.1, 0.15) is 35.3 Å². The maximum Gasteiger partial charge on any atom is 0.143 e. The summed E-state index contributed by atoms with van der Waals surface area (Å²) in [6.45, 7) is 4.03. The van der Waals surface area contributed by atoms with E-state index in [2.05, 4.69) is 17.2 Å². The average molecular weight is 275 g/mol. The molecule has 1 N–H and O–H groups in total. The summed E-state index contributed by atoms with van der Waals surface area (Å²) in [5.74, 6) is -0.506. The minimum atomic E-state index is -0.506. The molecule has 98 valence electrons. The molecule has 0 saturated carbocycles. The van der Waals surface area contributed by atoms with E-state index < -0.39 is 5.82 Å². The van der Waals surface area contributed by atoms with E-state index in [-0.39, 0.29) is 11.6 Å². The number of aryl methyl sites for hydroxylation is 1. The first-order valence-corrected chi connectivity index (χ1v) is 6.87. The van der Waals surface area contributed by atoms with Gasteiger partial charge in [0.1, 0.15) is 22.5 Å². The molecule has 0 aliphatic carbocycles. The summed E-state index contributed by atoms with van der Waals surface area (Å²) in [7, 11) is 0. The summed E-state index contributed by atoms with van der Waals surface area (Å²) >= 11 is 1.63. The molecule has 1 aromatic heterocycles. The summed E-state index contributed by atoms with van der Waals surface area (Å²) < 4.78 is 13.5. The highest BCUT2D eigenvalue weighted by atomic mass is 32.1. The summed E-state index contributed by atoms with van der Waals surface area (Å²) in [5.41, 5.74) is 0.546. The molecular formula is C14H14FN3S. The maximum atomic E-state index is 13.5. The van der Waals surface area contributed by atoms with E-state index in [1.165, 1.54) is 10.9 Å². The van der Waals surface area contributed by atoms with Crippen molar-refractivity contribution in [2.24, 2.45) is 0 Å². The first-order valence-electron chi connectivity index (χ1n) is 6.05. The Hall–Kier alpha value is -1.93. The van der Waals surface area contributed by atoms with Crippen molar-refractivity contribution in [3.8, 4) is 6.07 Å². The third-order valence-electron chi connectivity index (χ3n) is 2.79. The lowest BCUT2D eigenvalue weighted by atomic mass is 10.1. The van der Waals surface area contributed by atoms with Gasteiger partial charge in [0.2, 0.25) is 0 Å². The van der Waals surface area contributed by atoms with Gasteiger partial charge >= 0.3 is 0 Å². The van der Waals surface area contributed by atoms with Crippen LogP contribution in [0.25, 0.3) is 0 Å². The third-order valence-corrected chi connectivity index (χ3v) is 4.11. The van der Waals surface area contributed by atoms with Crippen molar-refractivity contribution in [2.75, 3.05) is 5.32 Å². The van der Waals surface area contributed by atoms with E-state index in [4.69, 9.17) is 5.26 Å². The largest absolute Gasteiger partial charge is 0.375 e. The van der Waals surface area contributed by atoms with Crippen LogP contribution in [-0.4, -0.2) is 4.98 Å². The average Bonchev–Trinajstić information content (AvgIpc) is 2.88. The molecule has 0 spiro atoms. The lowest BCUT2D eigenvalue weighted by Crippen LogP contribution is -2.08. The normalized spacial score (nSPS) is 11.9. The summed E-state index contributed by atoms with van der Waals surface area (Å²) in [5, 5.41) is 13.1. The van der Waals surface area contributed by atoms with Crippen molar-refractivity contribution in [2.45, 2.75) is 26.3 Å². The standard InChI is InChI=1S/C14H14FN3S/c1-3-10-8-17-14(19-10)9(2)18-13-6-4-5-12(15)11(13)7-16/h4-6,8-9,18H,3H2,1-2H3. The maximum absolute atomic E-state index is 13.5. The molecule has 3 nitrogen and oxygen atoms in total. The van der Waals surface area contributed by atoms with E-state index in [0.717, 1.165) is 11.4 Å². The van der Waals surface area contributed by atoms with Gasteiger partial charge in [0.15, 0.2) is 0 Å². The molecule has 19 heavy (non-hydrogen) atoms. The van der Waals surface area contributed by atoms with Crippen LogP contribution in [0.4, 0.5) is 10.1 Å². The zero-order valence-corrected chi connectivity index (χ0v) is 11.6. The van der Waals surface area contributed by atoms with Crippen LogP contribution >= 0.6 is 11.3 Å². The second kappa shape index (κ2) is 5.81. The Bertz CT molecular complexity index is 615. The highest BCUT2D eigenvalue weighted by molar-refractivity contribution is 7.11. The van der Waals surface area contributed by atoms with Gasteiger partial charge in [0, 0.05) is 11.1 Å². The summed E-state index contributed by atoms with van der Waals surface area (Å²) in [4.78, 5) is 5.55. The van der Waals surface area contributed by atoms with Crippen LogP contribution in [-0.2, 0) is 6.42 Å². The van der Waals surface area contributed by atoms with E-state index in [1.807, 2.05) is 19.2 Å². The van der Waals surface area contributed by atoms with Crippen LogP contribution < -0.4 is 5.32 Å². The molecule has 1 heterocycles. The Labute approximate surface area is 115 Å². The minimum absolute atomic E-state index is 0.0432. The molecule has 2 aromatic rings. The molecule has 0 radical (unpaired) electrons. The van der Waals surface area contributed by atoms with Crippen molar-refractivity contribution >= 4 is 17.0 Å². The van der Waals surface area contributed by atoms with Gasteiger partial charge in [0.25, 0.3) is 0 Å². The number of hydrogen-bond acceptors (Lipinski definition) is 4. The zero-order chi connectivity index (χ0) is 13.8. The molecule has 1 unspecified atom stereocenters. The molecule has 0 fully saturated rings. The fourth-order valence-electron chi connectivity index (χ4n) is 1.74. The second-order valence-electron chi connectivity index (χ2n) is 4.16. The molecule has 0 amide bonds. The number of halogens is 1. The Morgan fingerprint density at radius 3 is 2.95 bits per heavy atom. The van der Waals surface area contributed by atoms with Crippen LogP contribution in [0, 0.1) is 17.1 Å². The molecule has 0 saturated heterocycles. The van der Waals surface area contributed by atoms with Crippen molar-refractivity contribution in [1.82, 2.24) is 4.98 Å². The molecular weight excluding hydrogens is 261 g/mol. The minimum Gasteiger partial charge on any atom is -0.375 e. The second-order valence-corrected chi connectivity index (χ2v) is 5.31. The lowest BCUT2D eigenvalue weighted by molar-refractivity contribution is 0.624.